The van der Waals surface area contributed by atoms with Gasteiger partial charge in [0, 0.05) is 22.2 Å². The second-order valence-corrected chi connectivity index (χ2v) is 6.97. The number of unbranched alkanes of at least 4 members (excludes halogenated alkanes) is 5. The number of fused-ring (bicyclic) bond motifs is 1. The summed E-state index contributed by atoms with van der Waals surface area (Å²) >= 11 is 0. The molecule has 4 heteroatoms. The molecule has 0 heterocycles. The highest BCUT2D eigenvalue weighted by Gasteiger charge is 2.14. The largest absolute Gasteiger partial charge is 0.507 e. The first kappa shape index (κ1) is 17.5. The predicted molar refractivity (Wildman–Crippen MR) is 96.2 cm³/mol. The number of hydrogen-bond donors (Lipinski definition) is 2. The number of rotatable bonds is 8. The SMILES string of the molecule is CCCCCCC/C=C/S(=O)c1cc(O)c2ccccc2c1O. The van der Waals surface area contributed by atoms with Gasteiger partial charge in [0.25, 0.3) is 0 Å². The molecule has 0 radical (unpaired) electrons. The van der Waals surface area contributed by atoms with Gasteiger partial charge in [0.1, 0.15) is 11.5 Å². The summed E-state index contributed by atoms with van der Waals surface area (Å²) < 4.78 is 12.3. The fourth-order valence-corrected chi connectivity index (χ4v) is 3.55. The number of benzene rings is 2. The fourth-order valence-electron chi connectivity index (χ4n) is 2.56. The van der Waals surface area contributed by atoms with Crippen LogP contribution in [0.1, 0.15) is 45.4 Å². The Morgan fingerprint density at radius 2 is 1.74 bits per heavy atom. The lowest BCUT2D eigenvalue weighted by molar-refractivity contribution is 0.457. The monoisotopic (exact) mass is 332 g/mol. The molecule has 0 aliphatic carbocycles. The molecule has 124 valence electrons. The van der Waals surface area contributed by atoms with Crippen molar-refractivity contribution >= 4 is 21.6 Å². The predicted octanol–water partition coefficient (Wildman–Crippen LogP) is 5.23. The zero-order valence-electron chi connectivity index (χ0n) is 13.5. The lowest BCUT2D eigenvalue weighted by atomic mass is 10.1. The Hall–Kier alpha value is -1.81. The second kappa shape index (κ2) is 8.73. The van der Waals surface area contributed by atoms with Crippen LogP contribution in [-0.2, 0) is 10.8 Å². The van der Waals surface area contributed by atoms with Gasteiger partial charge in [-0.05, 0) is 12.8 Å². The minimum absolute atomic E-state index is 0.0238. The van der Waals surface area contributed by atoms with Crippen molar-refractivity contribution in [1.82, 2.24) is 0 Å². The van der Waals surface area contributed by atoms with Crippen LogP contribution in [0.3, 0.4) is 0 Å². The van der Waals surface area contributed by atoms with Crippen LogP contribution >= 0.6 is 0 Å². The van der Waals surface area contributed by atoms with E-state index in [9.17, 15) is 14.4 Å². The van der Waals surface area contributed by atoms with E-state index in [0.29, 0.717) is 10.8 Å². The van der Waals surface area contributed by atoms with Gasteiger partial charge in [-0.3, -0.25) is 0 Å². The summed E-state index contributed by atoms with van der Waals surface area (Å²) in [6, 6.07) is 8.39. The smallest absolute Gasteiger partial charge is 0.140 e. The van der Waals surface area contributed by atoms with Gasteiger partial charge in [0.2, 0.25) is 0 Å². The average molecular weight is 332 g/mol. The summed E-state index contributed by atoms with van der Waals surface area (Å²) in [5.41, 5.74) is 0. The first-order chi connectivity index (χ1) is 11.1. The Balaban J connectivity index is 2.05. The highest BCUT2D eigenvalue weighted by molar-refractivity contribution is 7.88. The van der Waals surface area contributed by atoms with Crippen molar-refractivity contribution in [2.75, 3.05) is 0 Å². The van der Waals surface area contributed by atoms with E-state index < -0.39 is 10.8 Å². The lowest BCUT2D eigenvalue weighted by Gasteiger charge is -2.08. The van der Waals surface area contributed by atoms with Crippen LogP contribution in [0.5, 0.6) is 11.5 Å². The molecule has 0 saturated carbocycles. The van der Waals surface area contributed by atoms with Crippen LogP contribution in [0.4, 0.5) is 0 Å². The normalized spacial score (nSPS) is 12.9. The molecule has 2 aromatic carbocycles. The molecule has 0 fully saturated rings. The molecule has 0 spiro atoms. The van der Waals surface area contributed by atoms with Gasteiger partial charge in [-0.15, -0.1) is 0 Å². The molecule has 0 aromatic heterocycles. The molecule has 0 saturated heterocycles. The van der Waals surface area contributed by atoms with E-state index in [1.54, 1.807) is 29.7 Å². The summed E-state index contributed by atoms with van der Waals surface area (Å²) in [6.07, 6.45) is 8.79. The van der Waals surface area contributed by atoms with Gasteiger partial charge in [0.05, 0.1) is 15.7 Å². The van der Waals surface area contributed by atoms with Crippen LogP contribution in [-0.4, -0.2) is 14.4 Å². The molecular weight excluding hydrogens is 308 g/mol. The Labute approximate surface area is 140 Å². The van der Waals surface area contributed by atoms with E-state index in [-0.39, 0.29) is 16.4 Å². The van der Waals surface area contributed by atoms with Crippen molar-refractivity contribution in [3.8, 4) is 11.5 Å². The molecule has 0 amide bonds. The van der Waals surface area contributed by atoms with Gasteiger partial charge < -0.3 is 10.2 Å². The molecule has 0 bridgehead atoms. The summed E-state index contributed by atoms with van der Waals surface area (Å²) in [5, 5.41) is 23.0. The standard InChI is InChI=1S/C19H24O3S/c1-2-3-4-5-6-7-10-13-23(22)18-14-17(20)15-11-8-9-12-16(15)19(18)21/h8-14,20-21H,2-7H2,1H3/b13-10+. The van der Waals surface area contributed by atoms with E-state index in [0.717, 1.165) is 12.8 Å². The molecule has 1 unspecified atom stereocenters. The molecule has 3 nitrogen and oxygen atoms in total. The minimum Gasteiger partial charge on any atom is -0.507 e. The fraction of sp³-hybridized carbons (Fsp3) is 0.368. The molecule has 23 heavy (non-hydrogen) atoms. The maximum atomic E-state index is 12.3. The van der Waals surface area contributed by atoms with Gasteiger partial charge in [-0.2, -0.15) is 0 Å². The van der Waals surface area contributed by atoms with Crippen LogP contribution in [0, 0.1) is 0 Å². The third-order valence-corrected chi connectivity index (χ3v) is 5.05. The molecular formula is C19H24O3S. The maximum absolute atomic E-state index is 12.3. The van der Waals surface area contributed by atoms with Gasteiger partial charge >= 0.3 is 0 Å². The van der Waals surface area contributed by atoms with Crippen LogP contribution in [0.2, 0.25) is 0 Å². The van der Waals surface area contributed by atoms with Crippen LogP contribution in [0.15, 0.2) is 46.7 Å². The molecule has 0 aliphatic heterocycles. The van der Waals surface area contributed by atoms with E-state index in [1.807, 2.05) is 6.08 Å². The number of phenols is 2. The molecule has 2 N–H and O–H groups in total. The molecule has 2 aromatic rings. The van der Waals surface area contributed by atoms with E-state index in [2.05, 4.69) is 6.92 Å². The zero-order valence-corrected chi connectivity index (χ0v) is 14.3. The quantitative estimate of drug-likeness (QED) is 0.514. The topological polar surface area (TPSA) is 57.5 Å². The van der Waals surface area contributed by atoms with Crippen molar-refractivity contribution in [2.45, 2.75) is 50.3 Å². The summed E-state index contributed by atoms with van der Waals surface area (Å²) in [6.45, 7) is 2.19. The van der Waals surface area contributed by atoms with E-state index >= 15 is 0 Å². The van der Waals surface area contributed by atoms with Crippen LogP contribution in [0.25, 0.3) is 10.8 Å². The average Bonchev–Trinajstić information content (AvgIpc) is 2.57. The zero-order chi connectivity index (χ0) is 16.7. The number of phenolic OH excluding ortho intramolecular Hbond substituents is 2. The summed E-state index contributed by atoms with van der Waals surface area (Å²) in [4.78, 5) is 0.253. The Bertz CT molecular complexity index is 707. The third-order valence-electron chi connectivity index (χ3n) is 3.87. The van der Waals surface area contributed by atoms with Gasteiger partial charge in [0.15, 0.2) is 0 Å². The summed E-state index contributed by atoms with van der Waals surface area (Å²) in [5.74, 6) is 0.0130. The number of hydrogen-bond acceptors (Lipinski definition) is 3. The van der Waals surface area contributed by atoms with Crippen molar-refractivity contribution in [3.05, 3.63) is 41.8 Å². The Morgan fingerprint density at radius 3 is 2.48 bits per heavy atom. The lowest BCUT2D eigenvalue weighted by Crippen LogP contribution is -1.89. The van der Waals surface area contributed by atoms with Gasteiger partial charge in [-0.1, -0.05) is 62.9 Å². The van der Waals surface area contributed by atoms with Crippen molar-refractivity contribution < 1.29 is 14.4 Å². The van der Waals surface area contributed by atoms with Gasteiger partial charge in [-0.25, -0.2) is 4.21 Å². The highest BCUT2D eigenvalue weighted by Crippen LogP contribution is 2.37. The van der Waals surface area contributed by atoms with Crippen LogP contribution < -0.4 is 0 Å². The number of aromatic hydroxyl groups is 2. The molecule has 0 aliphatic rings. The summed E-state index contributed by atoms with van der Waals surface area (Å²) in [7, 11) is -1.46. The first-order valence-corrected chi connectivity index (χ1v) is 9.37. The van der Waals surface area contributed by atoms with E-state index in [4.69, 9.17) is 0 Å². The Kier molecular flexibility index (Phi) is 6.66. The van der Waals surface area contributed by atoms with Crippen molar-refractivity contribution in [1.29, 1.82) is 0 Å². The highest BCUT2D eigenvalue weighted by atomic mass is 32.2. The maximum Gasteiger partial charge on any atom is 0.140 e. The molecule has 2 rings (SSSR count). The number of allylic oxidation sites excluding steroid dienone is 1. The van der Waals surface area contributed by atoms with E-state index in [1.165, 1.54) is 31.7 Å². The molecule has 1 atom stereocenters. The minimum atomic E-state index is -1.46. The second-order valence-electron chi connectivity index (χ2n) is 5.66. The first-order valence-electron chi connectivity index (χ1n) is 8.16. The van der Waals surface area contributed by atoms with Crippen molar-refractivity contribution in [2.24, 2.45) is 0 Å². The Morgan fingerprint density at radius 1 is 1.04 bits per heavy atom. The third kappa shape index (κ3) is 4.58. The van der Waals surface area contributed by atoms with Crippen molar-refractivity contribution in [3.63, 3.8) is 0 Å².